The number of amides is 1. The van der Waals surface area contributed by atoms with E-state index in [1.54, 1.807) is 13.8 Å². The summed E-state index contributed by atoms with van der Waals surface area (Å²) in [7, 11) is 0. The number of esters is 1. The first-order valence-corrected chi connectivity index (χ1v) is 7.12. The van der Waals surface area contributed by atoms with E-state index in [0.29, 0.717) is 6.21 Å². The van der Waals surface area contributed by atoms with Crippen LogP contribution in [0.1, 0.15) is 38.6 Å². The SMILES string of the molecule is CC(C)OC(=O)[C@H](CCC(=O)C=[N+]=[N-])NC(=O)[C@H](O)c1cnco1. The number of carbonyl (C=O) groups is 3. The number of aliphatic hydroxyl groups is 1. The van der Waals surface area contributed by atoms with Gasteiger partial charge in [-0.25, -0.2) is 9.78 Å². The summed E-state index contributed by atoms with van der Waals surface area (Å²) in [5.74, 6) is -2.28. The molecule has 0 aliphatic carbocycles. The van der Waals surface area contributed by atoms with Gasteiger partial charge in [-0.05, 0) is 20.3 Å². The zero-order valence-electron chi connectivity index (χ0n) is 13.2. The monoisotopic (exact) mass is 338 g/mol. The fourth-order valence-corrected chi connectivity index (χ4v) is 1.72. The fraction of sp³-hybridized carbons (Fsp3) is 0.500. The highest BCUT2D eigenvalue weighted by molar-refractivity contribution is 6.25. The smallest absolute Gasteiger partial charge is 0.328 e. The van der Waals surface area contributed by atoms with Gasteiger partial charge in [-0.3, -0.25) is 9.59 Å². The van der Waals surface area contributed by atoms with E-state index in [1.165, 1.54) is 0 Å². The Hall–Kier alpha value is -2.84. The lowest BCUT2D eigenvalue weighted by Gasteiger charge is -2.19. The Morgan fingerprint density at radius 1 is 1.50 bits per heavy atom. The number of nitrogens with zero attached hydrogens (tertiary/aromatic N) is 3. The van der Waals surface area contributed by atoms with Crippen LogP contribution in [0.5, 0.6) is 0 Å². The summed E-state index contributed by atoms with van der Waals surface area (Å²) >= 11 is 0. The highest BCUT2D eigenvalue weighted by Crippen LogP contribution is 2.13. The zero-order chi connectivity index (χ0) is 18.1. The maximum Gasteiger partial charge on any atom is 0.328 e. The van der Waals surface area contributed by atoms with Crippen LogP contribution < -0.4 is 5.32 Å². The summed E-state index contributed by atoms with van der Waals surface area (Å²) in [6.07, 6.45) is 0.556. The molecule has 0 bridgehead atoms. The lowest BCUT2D eigenvalue weighted by atomic mass is 10.1. The predicted molar refractivity (Wildman–Crippen MR) is 78.5 cm³/mol. The molecule has 10 heteroatoms. The van der Waals surface area contributed by atoms with Crippen molar-refractivity contribution in [3.8, 4) is 0 Å². The Labute approximate surface area is 137 Å². The van der Waals surface area contributed by atoms with Crippen molar-refractivity contribution in [2.24, 2.45) is 0 Å². The summed E-state index contributed by atoms with van der Waals surface area (Å²) in [4.78, 5) is 41.5. The number of oxazole rings is 1. The number of nitrogens with one attached hydrogen (secondary N) is 1. The van der Waals surface area contributed by atoms with Crippen LogP contribution in [0.4, 0.5) is 0 Å². The van der Waals surface area contributed by atoms with E-state index in [4.69, 9.17) is 14.7 Å². The molecule has 0 saturated carbocycles. The summed E-state index contributed by atoms with van der Waals surface area (Å²) in [5.41, 5.74) is 8.29. The van der Waals surface area contributed by atoms with Crippen molar-refractivity contribution in [2.45, 2.75) is 44.9 Å². The molecule has 24 heavy (non-hydrogen) atoms. The Kier molecular flexibility index (Phi) is 7.47. The van der Waals surface area contributed by atoms with Gasteiger partial charge >= 0.3 is 12.2 Å². The Balaban J connectivity index is 2.76. The third kappa shape index (κ3) is 6.11. The second-order valence-electron chi connectivity index (χ2n) is 5.10. The number of ether oxygens (including phenoxy) is 1. The highest BCUT2D eigenvalue weighted by Gasteiger charge is 2.28. The maximum atomic E-state index is 12.0. The summed E-state index contributed by atoms with van der Waals surface area (Å²) < 4.78 is 9.83. The molecule has 2 N–H and O–H groups in total. The normalized spacial score (nSPS) is 12.8. The summed E-state index contributed by atoms with van der Waals surface area (Å²) in [5, 5.41) is 12.1. The van der Waals surface area contributed by atoms with Crippen molar-refractivity contribution in [1.29, 1.82) is 0 Å². The number of hydrogen-bond donors (Lipinski definition) is 2. The number of rotatable bonds is 9. The molecule has 1 aromatic rings. The van der Waals surface area contributed by atoms with Gasteiger partial charge in [-0.2, -0.15) is 4.79 Å². The molecule has 130 valence electrons. The molecule has 0 aromatic carbocycles. The van der Waals surface area contributed by atoms with E-state index < -0.39 is 35.9 Å². The molecule has 0 unspecified atom stereocenters. The van der Waals surface area contributed by atoms with Gasteiger partial charge in [-0.1, -0.05) is 0 Å². The molecule has 0 aliphatic heterocycles. The average Bonchev–Trinajstić information content (AvgIpc) is 3.04. The molecule has 1 aromatic heterocycles. The average molecular weight is 338 g/mol. The van der Waals surface area contributed by atoms with Crippen molar-refractivity contribution >= 4 is 23.9 Å². The minimum atomic E-state index is -1.66. The van der Waals surface area contributed by atoms with Crippen LogP contribution >= 0.6 is 0 Å². The van der Waals surface area contributed by atoms with Gasteiger partial charge in [0.1, 0.15) is 6.04 Å². The second kappa shape index (κ2) is 9.33. The minimum Gasteiger partial charge on any atom is -0.461 e. The Morgan fingerprint density at radius 3 is 2.75 bits per heavy atom. The molecule has 0 radical (unpaired) electrons. The van der Waals surface area contributed by atoms with Crippen LogP contribution in [-0.4, -0.2) is 50.9 Å². The molecule has 2 atom stereocenters. The van der Waals surface area contributed by atoms with Crippen molar-refractivity contribution in [1.82, 2.24) is 10.3 Å². The van der Waals surface area contributed by atoms with Gasteiger partial charge in [0.2, 0.25) is 5.78 Å². The lowest BCUT2D eigenvalue weighted by Crippen LogP contribution is -2.44. The lowest BCUT2D eigenvalue weighted by molar-refractivity contribution is -0.152. The minimum absolute atomic E-state index is 0.0908. The van der Waals surface area contributed by atoms with Crippen LogP contribution in [0.25, 0.3) is 5.53 Å². The van der Waals surface area contributed by atoms with Gasteiger partial charge in [0.25, 0.3) is 5.91 Å². The van der Waals surface area contributed by atoms with E-state index in [-0.39, 0.29) is 18.6 Å². The Bertz CT molecular complexity index is 621. The number of hydrogen-bond acceptors (Lipinski definition) is 7. The first-order valence-electron chi connectivity index (χ1n) is 7.12. The van der Waals surface area contributed by atoms with Gasteiger partial charge in [0.05, 0.1) is 12.3 Å². The van der Waals surface area contributed by atoms with Crippen LogP contribution in [0.3, 0.4) is 0 Å². The largest absolute Gasteiger partial charge is 0.461 e. The van der Waals surface area contributed by atoms with E-state index in [2.05, 4.69) is 15.1 Å². The number of aliphatic hydroxyl groups excluding tert-OH is 1. The van der Waals surface area contributed by atoms with Gasteiger partial charge in [0.15, 0.2) is 18.3 Å². The standard InChI is InChI=1S/C14H18N4O6/c1-8(2)24-14(22)10(4-3-9(19)5-17-15)18-13(21)12(20)11-6-16-7-23-11/h5-8,10,12,20H,3-4H2,1-2H3,(H,18,21)/t10-,12+/m0/s1. The molecule has 1 amide bonds. The molecule has 0 fully saturated rings. The van der Waals surface area contributed by atoms with Crippen molar-refractivity contribution in [3.05, 3.63) is 23.9 Å². The van der Waals surface area contributed by atoms with Crippen LogP contribution in [0.15, 0.2) is 17.0 Å². The van der Waals surface area contributed by atoms with Crippen molar-refractivity contribution in [3.63, 3.8) is 0 Å². The van der Waals surface area contributed by atoms with Crippen LogP contribution in [-0.2, 0) is 19.1 Å². The third-order valence-corrected chi connectivity index (χ3v) is 2.80. The molecular formula is C14H18N4O6. The fourth-order valence-electron chi connectivity index (χ4n) is 1.72. The summed E-state index contributed by atoms with van der Waals surface area (Å²) in [6.45, 7) is 3.26. The van der Waals surface area contributed by atoms with E-state index in [1.807, 2.05) is 0 Å². The third-order valence-electron chi connectivity index (χ3n) is 2.80. The van der Waals surface area contributed by atoms with Crippen molar-refractivity contribution in [2.75, 3.05) is 0 Å². The van der Waals surface area contributed by atoms with E-state index in [9.17, 15) is 19.5 Å². The predicted octanol–water partition coefficient (Wildman–Crippen LogP) is -0.206. The quantitative estimate of drug-likeness (QED) is 0.273. The first-order chi connectivity index (χ1) is 11.3. The Morgan fingerprint density at radius 2 is 2.21 bits per heavy atom. The van der Waals surface area contributed by atoms with Crippen LogP contribution in [0.2, 0.25) is 0 Å². The number of aromatic nitrogens is 1. The van der Waals surface area contributed by atoms with Crippen LogP contribution in [0, 0.1) is 0 Å². The second-order valence-corrected chi connectivity index (χ2v) is 5.10. The molecule has 0 spiro atoms. The first kappa shape index (κ1) is 19.2. The molecule has 1 rings (SSSR count). The van der Waals surface area contributed by atoms with E-state index in [0.717, 1.165) is 12.6 Å². The van der Waals surface area contributed by atoms with Gasteiger partial charge in [0, 0.05) is 6.42 Å². The summed E-state index contributed by atoms with van der Waals surface area (Å²) in [6, 6.07) is -1.16. The zero-order valence-corrected chi connectivity index (χ0v) is 13.2. The van der Waals surface area contributed by atoms with E-state index >= 15 is 0 Å². The van der Waals surface area contributed by atoms with Gasteiger partial charge < -0.3 is 25.1 Å². The highest BCUT2D eigenvalue weighted by atomic mass is 16.5. The number of carbonyl (C=O) groups excluding carboxylic acids is 3. The molecule has 1 heterocycles. The maximum absolute atomic E-state index is 12.0. The molecule has 0 aliphatic rings. The molecular weight excluding hydrogens is 320 g/mol. The number of Topliss-reactive ketones (excluding diaryl/α,β-unsaturated/α-hetero) is 1. The molecule has 0 saturated heterocycles. The molecule has 10 nitrogen and oxygen atoms in total. The van der Waals surface area contributed by atoms with Crippen molar-refractivity contribution < 1.29 is 33.4 Å². The van der Waals surface area contributed by atoms with Gasteiger partial charge in [-0.15, -0.1) is 0 Å². The number of ketones is 1. The topological polar surface area (TPSA) is 155 Å².